The van der Waals surface area contributed by atoms with E-state index < -0.39 is 0 Å². The molecule has 0 saturated carbocycles. The van der Waals surface area contributed by atoms with Gasteiger partial charge in [0.1, 0.15) is 6.54 Å². The average molecular weight is 445 g/mol. The lowest BCUT2D eigenvalue weighted by Crippen LogP contribution is -2.46. The van der Waals surface area contributed by atoms with Crippen LogP contribution in [0.25, 0.3) is 0 Å². The molecule has 0 fully saturated rings. The Balaban J connectivity index is 2.10. The van der Waals surface area contributed by atoms with Crippen LogP contribution in [0, 0.1) is 5.92 Å². The van der Waals surface area contributed by atoms with Crippen molar-refractivity contribution in [3.63, 3.8) is 0 Å². The second-order valence-corrected chi connectivity index (χ2v) is 9.09. The summed E-state index contributed by atoms with van der Waals surface area (Å²) in [5.74, 6) is 0.234. The van der Waals surface area contributed by atoms with Gasteiger partial charge in [-0.1, -0.05) is 27.2 Å². The van der Waals surface area contributed by atoms with E-state index in [-0.39, 0.29) is 24.4 Å². The van der Waals surface area contributed by atoms with Gasteiger partial charge in [0.2, 0.25) is 5.91 Å². The van der Waals surface area contributed by atoms with Gasteiger partial charge in [-0.25, -0.2) is 4.79 Å². The zero-order valence-electron chi connectivity index (χ0n) is 19.4. The number of hydrogen-bond donors (Lipinski definition) is 1. The molecule has 31 heavy (non-hydrogen) atoms. The fourth-order valence-corrected chi connectivity index (χ4v) is 3.71. The quantitative estimate of drug-likeness (QED) is 0.493. The second kappa shape index (κ2) is 12.4. The number of benzene rings is 1. The number of nitrogens with one attached hydrogen (secondary N) is 1. The van der Waals surface area contributed by atoms with E-state index >= 15 is 0 Å². The predicted octanol–water partition coefficient (Wildman–Crippen LogP) is 5.07. The first-order valence-electron chi connectivity index (χ1n) is 10.9. The highest BCUT2D eigenvalue weighted by atomic mass is 32.2. The van der Waals surface area contributed by atoms with Crippen molar-refractivity contribution in [2.45, 2.75) is 45.1 Å². The second-order valence-electron chi connectivity index (χ2n) is 8.21. The summed E-state index contributed by atoms with van der Waals surface area (Å²) in [4.78, 5) is 30.8. The Morgan fingerprint density at radius 2 is 1.84 bits per heavy atom. The summed E-state index contributed by atoms with van der Waals surface area (Å²) < 4.78 is 2.03. The number of rotatable bonds is 11. The number of anilines is 1. The van der Waals surface area contributed by atoms with E-state index in [1.807, 2.05) is 65.4 Å². The summed E-state index contributed by atoms with van der Waals surface area (Å²) in [5, 5.41) is 2.94. The van der Waals surface area contributed by atoms with Crippen LogP contribution in [0.15, 0.2) is 47.5 Å². The molecule has 1 N–H and O–H groups in total. The third-order valence-corrected chi connectivity index (χ3v) is 5.82. The van der Waals surface area contributed by atoms with Crippen LogP contribution in [-0.2, 0) is 18.4 Å². The highest BCUT2D eigenvalue weighted by Crippen LogP contribution is 2.18. The molecule has 170 valence electrons. The number of thioether (sulfide) groups is 1. The van der Waals surface area contributed by atoms with Gasteiger partial charge in [-0.3, -0.25) is 4.79 Å². The van der Waals surface area contributed by atoms with Crippen LogP contribution < -0.4 is 5.32 Å². The maximum absolute atomic E-state index is 13.2. The fraction of sp³-hybridized carbons (Fsp3) is 0.500. The van der Waals surface area contributed by atoms with E-state index in [4.69, 9.17) is 0 Å². The summed E-state index contributed by atoms with van der Waals surface area (Å²) in [5.41, 5.74) is 1.81. The summed E-state index contributed by atoms with van der Waals surface area (Å²) in [7, 11) is 1.98. The molecule has 0 spiro atoms. The number of carbonyl (C=O) groups excluding carboxylic acids is 2. The molecule has 0 bridgehead atoms. The van der Waals surface area contributed by atoms with Crippen molar-refractivity contribution >= 4 is 29.4 Å². The highest BCUT2D eigenvalue weighted by Gasteiger charge is 2.22. The standard InChI is InChI=1S/C24H36N4O2S/c1-6-7-15-27(17-21-9-8-14-26(21)4)23(29)18-28(16-19(2)3)24(30)25-20-10-12-22(31-5)13-11-20/h8-14,19H,6-7,15-18H2,1-5H3,(H,25,30). The van der Waals surface area contributed by atoms with Gasteiger partial charge < -0.3 is 19.7 Å². The van der Waals surface area contributed by atoms with Crippen molar-refractivity contribution in [3.05, 3.63) is 48.3 Å². The molecule has 0 aliphatic rings. The minimum Gasteiger partial charge on any atom is -0.353 e. The van der Waals surface area contributed by atoms with Crippen LogP contribution in [0.3, 0.4) is 0 Å². The van der Waals surface area contributed by atoms with E-state index in [1.165, 1.54) is 0 Å². The van der Waals surface area contributed by atoms with Gasteiger partial charge in [-0.15, -0.1) is 11.8 Å². The number of unbranched alkanes of at least 4 members (excludes halogenated alkanes) is 1. The smallest absolute Gasteiger partial charge is 0.322 e. The predicted molar refractivity (Wildman–Crippen MR) is 129 cm³/mol. The molecule has 0 saturated heterocycles. The Morgan fingerprint density at radius 3 is 2.39 bits per heavy atom. The number of carbonyl (C=O) groups is 2. The van der Waals surface area contributed by atoms with E-state index in [1.54, 1.807) is 16.7 Å². The molecule has 0 radical (unpaired) electrons. The van der Waals surface area contributed by atoms with Crippen molar-refractivity contribution in [1.82, 2.24) is 14.4 Å². The van der Waals surface area contributed by atoms with Gasteiger partial charge in [0.25, 0.3) is 0 Å². The van der Waals surface area contributed by atoms with Crippen LogP contribution in [0.2, 0.25) is 0 Å². The number of nitrogens with zero attached hydrogens (tertiary/aromatic N) is 3. The molecule has 7 heteroatoms. The van der Waals surface area contributed by atoms with E-state index in [2.05, 4.69) is 26.1 Å². The Bertz CT molecular complexity index is 832. The van der Waals surface area contributed by atoms with Crippen LogP contribution >= 0.6 is 11.8 Å². The molecule has 1 heterocycles. The van der Waals surface area contributed by atoms with Gasteiger partial charge in [-0.05, 0) is 55.0 Å². The highest BCUT2D eigenvalue weighted by molar-refractivity contribution is 7.98. The van der Waals surface area contributed by atoms with Crippen molar-refractivity contribution in [2.24, 2.45) is 13.0 Å². The number of hydrogen-bond acceptors (Lipinski definition) is 3. The minimum absolute atomic E-state index is 0.0248. The van der Waals surface area contributed by atoms with Gasteiger partial charge in [0, 0.05) is 42.6 Å². The molecule has 1 aromatic heterocycles. The van der Waals surface area contributed by atoms with Crippen molar-refractivity contribution in [1.29, 1.82) is 0 Å². The van der Waals surface area contributed by atoms with Crippen LogP contribution in [0.4, 0.5) is 10.5 Å². The van der Waals surface area contributed by atoms with Crippen molar-refractivity contribution in [2.75, 3.05) is 31.2 Å². The van der Waals surface area contributed by atoms with Crippen LogP contribution in [0.5, 0.6) is 0 Å². The summed E-state index contributed by atoms with van der Waals surface area (Å²) >= 11 is 1.66. The number of aryl methyl sites for hydroxylation is 1. The first-order chi connectivity index (χ1) is 14.8. The average Bonchev–Trinajstić information content (AvgIpc) is 3.15. The van der Waals surface area contributed by atoms with Gasteiger partial charge in [0.05, 0.1) is 6.54 Å². The zero-order valence-corrected chi connectivity index (χ0v) is 20.2. The Kier molecular flexibility index (Phi) is 9.98. The Morgan fingerprint density at radius 1 is 1.13 bits per heavy atom. The lowest BCUT2D eigenvalue weighted by atomic mass is 10.2. The first-order valence-corrected chi connectivity index (χ1v) is 12.1. The molecular weight excluding hydrogens is 408 g/mol. The lowest BCUT2D eigenvalue weighted by Gasteiger charge is -2.29. The third-order valence-electron chi connectivity index (χ3n) is 5.08. The third kappa shape index (κ3) is 7.98. The van der Waals surface area contributed by atoms with E-state index in [0.717, 1.165) is 29.1 Å². The minimum atomic E-state index is -0.242. The molecule has 6 nitrogen and oxygen atoms in total. The molecule has 2 rings (SSSR count). The first kappa shape index (κ1) is 24.9. The summed E-state index contributed by atoms with van der Waals surface area (Å²) in [6, 6.07) is 11.5. The van der Waals surface area contributed by atoms with Gasteiger partial charge in [-0.2, -0.15) is 0 Å². The van der Waals surface area contributed by atoms with E-state index in [9.17, 15) is 9.59 Å². The normalized spacial score (nSPS) is 10.9. The summed E-state index contributed by atoms with van der Waals surface area (Å²) in [6.45, 7) is 8.05. The Hall–Kier alpha value is -2.41. The molecule has 3 amide bonds. The fourth-order valence-electron chi connectivity index (χ4n) is 3.30. The molecule has 1 aromatic carbocycles. The molecule has 2 aromatic rings. The Labute approximate surface area is 191 Å². The maximum atomic E-state index is 13.2. The maximum Gasteiger partial charge on any atom is 0.322 e. The molecular formula is C24H36N4O2S. The van der Waals surface area contributed by atoms with Crippen molar-refractivity contribution in [3.8, 4) is 0 Å². The van der Waals surface area contributed by atoms with Gasteiger partial charge >= 0.3 is 6.03 Å². The lowest BCUT2D eigenvalue weighted by molar-refractivity contribution is -0.132. The largest absolute Gasteiger partial charge is 0.353 e. The number of urea groups is 1. The monoisotopic (exact) mass is 444 g/mol. The number of aromatic nitrogens is 1. The van der Waals surface area contributed by atoms with E-state index in [0.29, 0.717) is 19.6 Å². The summed E-state index contributed by atoms with van der Waals surface area (Å²) in [6.07, 6.45) is 5.95. The van der Waals surface area contributed by atoms with Crippen LogP contribution in [0.1, 0.15) is 39.3 Å². The van der Waals surface area contributed by atoms with Crippen molar-refractivity contribution < 1.29 is 9.59 Å². The number of amides is 3. The topological polar surface area (TPSA) is 57.6 Å². The van der Waals surface area contributed by atoms with Crippen LogP contribution in [-0.4, -0.2) is 52.2 Å². The van der Waals surface area contributed by atoms with Gasteiger partial charge in [0.15, 0.2) is 0 Å². The molecule has 0 aliphatic heterocycles. The SMILES string of the molecule is CCCCN(Cc1cccn1C)C(=O)CN(CC(C)C)C(=O)Nc1ccc(SC)cc1. The molecule has 0 aliphatic carbocycles. The molecule has 0 unspecified atom stereocenters. The zero-order chi connectivity index (χ0) is 22.8. The molecule has 0 atom stereocenters.